The molecule has 0 spiro atoms. The third-order valence-electron chi connectivity index (χ3n) is 4.24. The lowest BCUT2D eigenvalue weighted by molar-refractivity contribution is -0.117. The van der Waals surface area contributed by atoms with Gasteiger partial charge < -0.3 is 10.1 Å². The van der Waals surface area contributed by atoms with Crippen LogP contribution in [0.3, 0.4) is 0 Å². The van der Waals surface area contributed by atoms with E-state index in [0.29, 0.717) is 12.3 Å². The Hall–Kier alpha value is -2.78. The highest BCUT2D eigenvalue weighted by Gasteiger charge is 2.24. The second-order valence-corrected chi connectivity index (χ2v) is 8.31. The molecule has 1 atom stereocenters. The molecule has 30 heavy (non-hydrogen) atoms. The number of rotatable bonds is 10. The Morgan fingerprint density at radius 1 is 1.10 bits per heavy atom. The predicted octanol–water partition coefficient (Wildman–Crippen LogP) is 3.48. The molecule has 162 valence electrons. The molecule has 2 rings (SSSR count). The van der Waals surface area contributed by atoms with E-state index in [1.165, 1.54) is 6.07 Å². The van der Waals surface area contributed by atoms with Crippen LogP contribution in [0.15, 0.2) is 53.4 Å². The summed E-state index contributed by atoms with van der Waals surface area (Å²) in [6.07, 6.45) is 1.84. The van der Waals surface area contributed by atoms with Gasteiger partial charge in [-0.05, 0) is 55.3 Å². The van der Waals surface area contributed by atoms with Crippen molar-refractivity contribution in [2.75, 3.05) is 11.9 Å². The lowest BCUT2D eigenvalue weighted by atomic mass is 10.2. The van der Waals surface area contributed by atoms with E-state index >= 15 is 0 Å². The highest BCUT2D eigenvalue weighted by Crippen LogP contribution is 2.15. The molecule has 1 unspecified atom stereocenters. The molecule has 0 aliphatic heterocycles. The van der Waals surface area contributed by atoms with E-state index in [1.54, 1.807) is 25.1 Å². The standard InChI is InChI=1S/C21H25FN2O5S/c1-3-5-13-29-21(26)15-7-6-8-17(14-15)23-20(25)19(4-2)24-30(27,28)18-11-9-16(22)10-12-18/h6-12,14,19,24H,3-5,13H2,1-2H3,(H,23,25). The van der Waals surface area contributed by atoms with Gasteiger partial charge in [0.1, 0.15) is 11.9 Å². The number of sulfonamides is 1. The van der Waals surface area contributed by atoms with E-state index in [-0.39, 0.29) is 16.9 Å². The van der Waals surface area contributed by atoms with Crippen LogP contribution in [0.5, 0.6) is 0 Å². The summed E-state index contributed by atoms with van der Waals surface area (Å²) in [5.74, 6) is -1.64. The summed E-state index contributed by atoms with van der Waals surface area (Å²) >= 11 is 0. The number of unbranched alkanes of at least 4 members (excludes halogenated alkanes) is 1. The second-order valence-electron chi connectivity index (χ2n) is 6.60. The lowest BCUT2D eigenvalue weighted by Crippen LogP contribution is -2.43. The number of esters is 1. The van der Waals surface area contributed by atoms with Crippen molar-refractivity contribution in [1.82, 2.24) is 4.72 Å². The molecule has 2 aromatic rings. The van der Waals surface area contributed by atoms with Crippen LogP contribution in [0.4, 0.5) is 10.1 Å². The number of amides is 1. The fourth-order valence-electron chi connectivity index (χ4n) is 2.54. The molecule has 0 aromatic heterocycles. The van der Waals surface area contributed by atoms with Gasteiger partial charge in [0.05, 0.1) is 17.1 Å². The zero-order valence-corrected chi connectivity index (χ0v) is 17.7. The molecule has 0 saturated heterocycles. The Balaban J connectivity index is 2.07. The Kier molecular flexibility index (Phi) is 8.49. The van der Waals surface area contributed by atoms with Crippen LogP contribution in [0, 0.1) is 5.82 Å². The molecule has 2 aromatic carbocycles. The van der Waals surface area contributed by atoms with Gasteiger partial charge in [-0.25, -0.2) is 17.6 Å². The quantitative estimate of drug-likeness (QED) is 0.439. The van der Waals surface area contributed by atoms with Crippen molar-refractivity contribution in [2.45, 2.75) is 44.0 Å². The van der Waals surface area contributed by atoms with E-state index in [0.717, 1.165) is 37.1 Å². The number of nitrogens with one attached hydrogen (secondary N) is 2. The molecule has 0 heterocycles. The van der Waals surface area contributed by atoms with Gasteiger partial charge in [-0.3, -0.25) is 4.79 Å². The van der Waals surface area contributed by atoms with Crippen LogP contribution >= 0.6 is 0 Å². The Morgan fingerprint density at radius 2 is 1.80 bits per heavy atom. The van der Waals surface area contributed by atoms with Crippen molar-refractivity contribution >= 4 is 27.6 Å². The first-order valence-electron chi connectivity index (χ1n) is 9.62. The molecule has 1 amide bonds. The van der Waals surface area contributed by atoms with Gasteiger partial charge in [-0.2, -0.15) is 4.72 Å². The van der Waals surface area contributed by atoms with Gasteiger partial charge >= 0.3 is 5.97 Å². The maximum absolute atomic E-state index is 13.0. The van der Waals surface area contributed by atoms with Gasteiger partial charge in [-0.1, -0.05) is 26.3 Å². The van der Waals surface area contributed by atoms with Crippen LogP contribution < -0.4 is 10.0 Å². The summed E-state index contributed by atoms with van der Waals surface area (Å²) < 4.78 is 45.4. The Morgan fingerprint density at radius 3 is 2.43 bits per heavy atom. The molecule has 7 nitrogen and oxygen atoms in total. The molecule has 9 heteroatoms. The molecule has 0 radical (unpaired) electrons. The minimum atomic E-state index is -4.01. The average Bonchev–Trinajstić information content (AvgIpc) is 2.72. The molecule has 2 N–H and O–H groups in total. The number of benzene rings is 2. The van der Waals surface area contributed by atoms with Gasteiger partial charge in [0.2, 0.25) is 15.9 Å². The first kappa shape index (κ1) is 23.5. The first-order chi connectivity index (χ1) is 14.3. The second kappa shape index (κ2) is 10.8. The van der Waals surface area contributed by atoms with Crippen molar-refractivity contribution in [3.05, 3.63) is 59.9 Å². The van der Waals surface area contributed by atoms with Gasteiger partial charge in [-0.15, -0.1) is 0 Å². The van der Waals surface area contributed by atoms with E-state index < -0.39 is 33.8 Å². The summed E-state index contributed by atoms with van der Waals surface area (Å²) in [7, 11) is -4.01. The van der Waals surface area contributed by atoms with Crippen LogP contribution in [0.25, 0.3) is 0 Å². The number of carbonyl (C=O) groups excluding carboxylic acids is 2. The fraction of sp³-hybridized carbons (Fsp3) is 0.333. The largest absolute Gasteiger partial charge is 0.462 e. The smallest absolute Gasteiger partial charge is 0.338 e. The van der Waals surface area contributed by atoms with Crippen molar-refractivity contribution in [3.8, 4) is 0 Å². The van der Waals surface area contributed by atoms with Crippen LogP contribution in [0.1, 0.15) is 43.5 Å². The fourth-order valence-corrected chi connectivity index (χ4v) is 3.82. The van der Waals surface area contributed by atoms with Crippen LogP contribution in [-0.4, -0.2) is 32.9 Å². The predicted molar refractivity (Wildman–Crippen MR) is 111 cm³/mol. The van der Waals surface area contributed by atoms with Crippen molar-refractivity contribution in [3.63, 3.8) is 0 Å². The highest BCUT2D eigenvalue weighted by atomic mass is 32.2. The zero-order valence-electron chi connectivity index (χ0n) is 16.9. The van der Waals surface area contributed by atoms with Crippen molar-refractivity contribution < 1.29 is 27.1 Å². The summed E-state index contributed by atoms with van der Waals surface area (Å²) in [6.45, 7) is 3.95. The topological polar surface area (TPSA) is 102 Å². The third-order valence-corrected chi connectivity index (χ3v) is 5.73. The first-order valence-corrected chi connectivity index (χ1v) is 11.1. The van der Waals surface area contributed by atoms with Gasteiger partial charge in [0.15, 0.2) is 0 Å². The average molecular weight is 437 g/mol. The summed E-state index contributed by atoms with van der Waals surface area (Å²) in [4.78, 5) is 24.5. The Bertz CT molecular complexity index is 977. The summed E-state index contributed by atoms with van der Waals surface area (Å²) in [6, 6.07) is 9.46. The monoisotopic (exact) mass is 436 g/mol. The van der Waals surface area contributed by atoms with Crippen molar-refractivity contribution in [1.29, 1.82) is 0 Å². The number of anilines is 1. The molecule has 0 aliphatic rings. The number of hydrogen-bond donors (Lipinski definition) is 2. The molecule has 0 bridgehead atoms. The third kappa shape index (κ3) is 6.64. The summed E-state index contributed by atoms with van der Waals surface area (Å²) in [5.41, 5.74) is 0.619. The number of carbonyl (C=O) groups is 2. The van der Waals surface area contributed by atoms with Crippen LogP contribution in [-0.2, 0) is 19.6 Å². The van der Waals surface area contributed by atoms with Crippen LogP contribution in [0.2, 0.25) is 0 Å². The number of halogens is 1. The van der Waals surface area contributed by atoms with E-state index in [9.17, 15) is 22.4 Å². The normalized spacial score (nSPS) is 12.2. The highest BCUT2D eigenvalue weighted by molar-refractivity contribution is 7.89. The Labute approximate surface area is 175 Å². The zero-order chi connectivity index (χ0) is 22.1. The minimum Gasteiger partial charge on any atom is -0.462 e. The molecule has 0 fully saturated rings. The van der Waals surface area contributed by atoms with E-state index in [4.69, 9.17) is 4.74 Å². The maximum Gasteiger partial charge on any atom is 0.338 e. The number of ether oxygens (including phenoxy) is 1. The summed E-state index contributed by atoms with van der Waals surface area (Å²) in [5, 5.41) is 2.60. The number of hydrogen-bond acceptors (Lipinski definition) is 5. The van der Waals surface area contributed by atoms with E-state index in [2.05, 4.69) is 10.0 Å². The molecule has 0 saturated carbocycles. The van der Waals surface area contributed by atoms with Gasteiger partial charge in [0, 0.05) is 5.69 Å². The maximum atomic E-state index is 13.0. The SMILES string of the molecule is CCCCOC(=O)c1cccc(NC(=O)C(CC)NS(=O)(=O)c2ccc(F)cc2)c1. The molecule has 0 aliphatic carbocycles. The lowest BCUT2D eigenvalue weighted by Gasteiger charge is -2.17. The molecular weight excluding hydrogens is 411 g/mol. The van der Waals surface area contributed by atoms with Gasteiger partial charge in [0.25, 0.3) is 0 Å². The van der Waals surface area contributed by atoms with Crippen molar-refractivity contribution in [2.24, 2.45) is 0 Å². The minimum absolute atomic E-state index is 0.146. The molecular formula is C21H25FN2O5S. The van der Waals surface area contributed by atoms with E-state index in [1.807, 2.05) is 6.92 Å².